The Labute approximate surface area is 186 Å². The third kappa shape index (κ3) is 7.42. The van der Waals surface area contributed by atoms with E-state index in [2.05, 4.69) is 15.2 Å². The number of amides is 1. The Balaban J connectivity index is 1.49. The molecule has 0 aliphatic carbocycles. The van der Waals surface area contributed by atoms with E-state index in [1.54, 1.807) is 12.1 Å². The minimum atomic E-state index is -2.95. The Morgan fingerprint density at radius 3 is 2.39 bits per heavy atom. The minimum Gasteiger partial charge on any atom is -0.492 e. The molecule has 1 amide bonds. The Morgan fingerprint density at radius 1 is 0.970 bits per heavy atom. The lowest BCUT2D eigenvalue weighted by Crippen LogP contribution is -2.28. The highest BCUT2D eigenvalue weighted by Gasteiger charge is 2.14. The zero-order chi connectivity index (χ0) is 23.6. The number of carbonyl (C=O) groups is 2. The van der Waals surface area contributed by atoms with E-state index in [0.717, 1.165) is 10.7 Å². The second kappa shape index (κ2) is 11.4. The molecule has 11 heteroatoms. The van der Waals surface area contributed by atoms with Crippen molar-refractivity contribution < 1.29 is 32.6 Å². The maximum atomic E-state index is 12.2. The molecule has 1 aromatic heterocycles. The van der Waals surface area contributed by atoms with Crippen molar-refractivity contribution in [1.29, 1.82) is 0 Å². The molecule has 3 aromatic rings. The zero-order valence-electron chi connectivity index (χ0n) is 17.1. The summed E-state index contributed by atoms with van der Waals surface area (Å²) in [5, 5.41) is 6.38. The largest absolute Gasteiger partial charge is 0.492 e. The maximum Gasteiger partial charge on any atom is 0.387 e. The molecule has 33 heavy (non-hydrogen) atoms. The number of esters is 1. The van der Waals surface area contributed by atoms with E-state index in [4.69, 9.17) is 9.47 Å². The first kappa shape index (κ1) is 23.4. The Bertz CT molecular complexity index is 1140. The summed E-state index contributed by atoms with van der Waals surface area (Å²) in [4.78, 5) is 36.2. The minimum absolute atomic E-state index is 0.0650. The van der Waals surface area contributed by atoms with Crippen LogP contribution in [-0.2, 0) is 16.1 Å². The molecule has 1 heterocycles. The molecule has 2 aromatic carbocycles. The van der Waals surface area contributed by atoms with Crippen LogP contribution in [0.3, 0.4) is 0 Å². The molecular weight excluding hydrogens is 440 g/mol. The van der Waals surface area contributed by atoms with Crippen LogP contribution in [-0.4, -0.2) is 41.5 Å². The predicted molar refractivity (Wildman–Crippen MR) is 112 cm³/mol. The van der Waals surface area contributed by atoms with Gasteiger partial charge in [-0.15, -0.1) is 0 Å². The summed E-state index contributed by atoms with van der Waals surface area (Å²) in [6.45, 7) is -3.32. The Kier molecular flexibility index (Phi) is 8.06. The third-order valence-corrected chi connectivity index (χ3v) is 4.09. The highest BCUT2D eigenvalue weighted by molar-refractivity contribution is 5.94. The summed E-state index contributed by atoms with van der Waals surface area (Å²) in [6.07, 6.45) is 0. The van der Waals surface area contributed by atoms with Crippen LogP contribution < -0.4 is 20.3 Å². The topological polar surface area (TPSA) is 109 Å². The van der Waals surface area contributed by atoms with Crippen LogP contribution in [0.1, 0.15) is 10.5 Å². The van der Waals surface area contributed by atoms with Crippen molar-refractivity contribution in [2.45, 2.75) is 13.2 Å². The van der Waals surface area contributed by atoms with Gasteiger partial charge in [-0.2, -0.15) is 13.9 Å². The molecule has 3 rings (SSSR count). The fourth-order valence-electron chi connectivity index (χ4n) is 2.61. The Morgan fingerprint density at radius 2 is 1.70 bits per heavy atom. The van der Waals surface area contributed by atoms with Crippen LogP contribution in [0.25, 0.3) is 0 Å². The van der Waals surface area contributed by atoms with Crippen molar-refractivity contribution in [2.24, 2.45) is 0 Å². The number of anilines is 1. The van der Waals surface area contributed by atoms with E-state index in [0.29, 0.717) is 11.4 Å². The summed E-state index contributed by atoms with van der Waals surface area (Å²) in [7, 11) is 0. The van der Waals surface area contributed by atoms with Gasteiger partial charge in [0.1, 0.15) is 18.1 Å². The molecule has 0 saturated carbocycles. The lowest BCUT2D eigenvalue weighted by Gasteiger charge is -2.09. The first-order valence-electron chi connectivity index (χ1n) is 9.68. The normalized spacial score (nSPS) is 10.5. The average Bonchev–Trinajstić information content (AvgIpc) is 2.80. The molecule has 172 valence electrons. The fraction of sp³-hybridized carbons (Fsp3) is 0.182. The number of nitrogens with zero attached hydrogens (tertiary/aromatic N) is 2. The van der Waals surface area contributed by atoms with E-state index >= 15 is 0 Å². The quantitative estimate of drug-likeness (QED) is 0.465. The fourth-order valence-corrected chi connectivity index (χ4v) is 2.61. The highest BCUT2D eigenvalue weighted by atomic mass is 19.3. The second-order valence-corrected chi connectivity index (χ2v) is 6.47. The number of aromatic nitrogens is 2. The number of nitrogens with one attached hydrogen (secondary N) is 1. The van der Waals surface area contributed by atoms with E-state index < -0.39 is 30.7 Å². The van der Waals surface area contributed by atoms with Crippen LogP contribution in [0, 0.1) is 0 Å². The lowest BCUT2D eigenvalue weighted by atomic mass is 10.3. The molecule has 9 nitrogen and oxygen atoms in total. The smallest absolute Gasteiger partial charge is 0.387 e. The summed E-state index contributed by atoms with van der Waals surface area (Å²) in [5.74, 6) is -0.993. The van der Waals surface area contributed by atoms with E-state index in [1.807, 2.05) is 18.2 Å². The molecule has 0 aliphatic rings. The van der Waals surface area contributed by atoms with Gasteiger partial charge in [0.05, 0.1) is 6.54 Å². The van der Waals surface area contributed by atoms with Gasteiger partial charge in [-0.1, -0.05) is 18.2 Å². The van der Waals surface area contributed by atoms with E-state index in [-0.39, 0.29) is 24.6 Å². The van der Waals surface area contributed by atoms with Gasteiger partial charge in [-0.3, -0.25) is 9.59 Å². The lowest BCUT2D eigenvalue weighted by molar-refractivity contribution is -0.119. The average molecular weight is 459 g/mol. The van der Waals surface area contributed by atoms with Gasteiger partial charge in [0.25, 0.3) is 11.5 Å². The molecule has 0 atom stereocenters. The van der Waals surface area contributed by atoms with Gasteiger partial charge in [0.15, 0.2) is 12.3 Å². The van der Waals surface area contributed by atoms with Crippen LogP contribution >= 0.6 is 0 Å². The predicted octanol–water partition coefficient (Wildman–Crippen LogP) is 2.72. The molecule has 0 radical (unpaired) electrons. The van der Waals surface area contributed by atoms with E-state index in [9.17, 15) is 23.2 Å². The van der Waals surface area contributed by atoms with Crippen LogP contribution in [0.15, 0.2) is 71.5 Å². The number of para-hydroxylation sites is 1. The van der Waals surface area contributed by atoms with Crippen molar-refractivity contribution in [3.05, 3.63) is 82.8 Å². The van der Waals surface area contributed by atoms with Crippen molar-refractivity contribution in [3.8, 4) is 11.5 Å². The molecular formula is C22H19F2N3O6. The van der Waals surface area contributed by atoms with Crippen molar-refractivity contribution in [3.63, 3.8) is 0 Å². The number of hydrogen-bond acceptors (Lipinski definition) is 7. The van der Waals surface area contributed by atoms with Crippen LogP contribution in [0.2, 0.25) is 0 Å². The maximum absolute atomic E-state index is 12.2. The molecule has 0 saturated heterocycles. The monoisotopic (exact) mass is 459 g/mol. The van der Waals surface area contributed by atoms with E-state index in [1.165, 1.54) is 30.3 Å². The first-order valence-corrected chi connectivity index (χ1v) is 9.68. The zero-order valence-corrected chi connectivity index (χ0v) is 17.1. The Hall–Kier alpha value is -4.28. The molecule has 0 unspecified atom stereocenters. The first-order chi connectivity index (χ1) is 15.9. The standard InChI is InChI=1S/C22H19F2N3O6/c23-22(24)33-17-8-6-15(7-9-17)25-19(28)14-32-21(30)18-10-11-20(29)27(26-18)12-13-31-16-4-2-1-3-5-16/h1-11,22H,12-14H2,(H,25,28). The van der Waals surface area contributed by atoms with Crippen LogP contribution in [0.4, 0.5) is 14.5 Å². The van der Waals surface area contributed by atoms with Crippen molar-refractivity contribution in [2.75, 3.05) is 18.5 Å². The summed E-state index contributed by atoms with van der Waals surface area (Å²) in [5.41, 5.74) is -0.293. The summed E-state index contributed by atoms with van der Waals surface area (Å²) in [6, 6.07) is 16.6. The highest BCUT2D eigenvalue weighted by Crippen LogP contribution is 2.17. The summed E-state index contributed by atoms with van der Waals surface area (Å²) < 4.78 is 40.0. The number of ether oxygens (including phenoxy) is 3. The second-order valence-electron chi connectivity index (χ2n) is 6.47. The van der Waals surface area contributed by atoms with Crippen molar-refractivity contribution in [1.82, 2.24) is 9.78 Å². The number of rotatable bonds is 10. The molecule has 0 aliphatic heterocycles. The molecule has 0 spiro atoms. The number of alkyl halides is 2. The van der Waals surface area contributed by atoms with Crippen molar-refractivity contribution >= 4 is 17.6 Å². The SMILES string of the molecule is O=C(COC(=O)c1ccc(=O)n(CCOc2ccccc2)n1)Nc1ccc(OC(F)F)cc1. The number of halogens is 2. The molecule has 0 bridgehead atoms. The molecule has 0 fully saturated rings. The van der Waals surface area contributed by atoms with Gasteiger partial charge in [0, 0.05) is 11.8 Å². The van der Waals surface area contributed by atoms with Gasteiger partial charge in [0.2, 0.25) is 0 Å². The van der Waals surface area contributed by atoms with Crippen LogP contribution in [0.5, 0.6) is 11.5 Å². The van der Waals surface area contributed by atoms with Gasteiger partial charge >= 0.3 is 12.6 Å². The third-order valence-electron chi connectivity index (χ3n) is 4.09. The summed E-state index contributed by atoms with van der Waals surface area (Å²) >= 11 is 0. The van der Waals surface area contributed by atoms with Gasteiger partial charge in [-0.05, 0) is 42.5 Å². The number of hydrogen-bond donors (Lipinski definition) is 1. The van der Waals surface area contributed by atoms with Gasteiger partial charge < -0.3 is 19.5 Å². The molecule has 1 N–H and O–H groups in total. The number of benzene rings is 2. The van der Waals surface area contributed by atoms with Gasteiger partial charge in [-0.25, -0.2) is 9.48 Å². The number of carbonyl (C=O) groups excluding carboxylic acids is 2.